The van der Waals surface area contributed by atoms with Crippen LogP contribution in [0.2, 0.25) is 0 Å². The van der Waals surface area contributed by atoms with Gasteiger partial charge < -0.3 is 0 Å². The van der Waals surface area contributed by atoms with Crippen LogP contribution in [0.4, 0.5) is 0 Å². The summed E-state index contributed by atoms with van der Waals surface area (Å²) in [6, 6.07) is 8.03. The van der Waals surface area contributed by atoms with E-state index < -0.39 is 7.92 Å². The van der Waals surface area contributed by atoms with Crippen LogP contribution < -0.4 is 0 Å². The minimum atomic E-state index is -1.77. The molecule has 0 aliphatic heterocycles. The quantitative estimate of drug-likeness (QED) is 0.342. The van der Waals surface area contributed by atoms with Gasteiger partial charge in [-0.3, -0.25) is 9.59 Å². The third-order valence-electron chi connectivity index (χ3n) is 5.07. The Bertz CT molecular complexity index is 955. The second-order valence-corrected chi connectivity index (χ2v) is 9.82. The van der Waals surface area contributed by atoms with Gasteiger partial charge >= 0.3 is 0 Å². The lowest BCUT2D eigenvalue weighted by molar-refractivity contribution is 0.105. The molecule has 2 nitrogen and oxygen atoms in total. The number of rotatable bonds is 7. The van der Waals surface area contributed by atoms with Crippen LogP contribution >= 0.6 is 7.92 Å². The summed E-state index contributed by atoms with van der Waals surface area (Å²) in [5.74, 6) is 0. The monoisotopic (exact) mass is 418 g/mol. The molecule has 30 heavy (non-hydrogen) atoms. The third-order valence-corrected chi connectivity index (χ3v) is 7.15. The molecular formula is C27H31O2P. The second-order valence-electron chi connectivity index (χ2n) is 7.82. The highest BCUT2D eigenvalue weighted by molar-refractivity contribution is 7.93. The molecule has 0 saturated carbocycles. The van der Waals surface area contributed by atoms with Crippen molar-refractivity contribution in [1.82, 2.24) is 0 Å². The van der Waals surface area contributed by atoms with Gasteiger partial charge in [0.25, 0.3) is 0 Å². The van der Waals surface area contributed by atoms with Gasteiger partial charge in [0.1, 0.15) is 0 Å². The molecule has 0 spiro atoms. The lowest BCUT2D eigenvalue weighted by atomic mass is 10.0. The molecule has 0 radical (unpaired) electrons. The Kier molecular flexibility index (Phi) is 7.87. The molecule has 0 saturated heterocycles. The zero-order chi connectivity index (χ0) is 22.6. The fraction of sp³-hybridized carbons (Fsp3) is 0.259. The van der Waals surface area contributed by atoms with E-state index in [0.29, 0.717) is 11.1 Å². The predicted molar refractivity (Wildman–Crippen MR) is 130 cm³/mol. The largest absolute Gasteiger partial charge is 0.288 e. The number of benzene rings is 2. The summed E-state index contributed by atoms with van der Waals surface area (Å²) in [5.41, 5.74) is 6.97. The first-order valence-electron chi connectivity index (χ1n) is 10.1. The zero-order valence-corrected chi connectivity index (χ0v) is 20.0. The van der Waals surface area contributed by atoms with E-state index in [2.05, 4.69) is 6.58 Å². The summed E-state index contributed by atoms with van der Waals surface area (Å²) in [6.07, 6.45) is 7.17. The SMILES string of the molecule is C=C/C=C(\C=C/C)P(C(=O)c1c(C)cc(C)cc1C)C(=O)c1c(C)cc(C)cc1C. The van der Waals surface area contributed by atoms with Crippen LogP contribution in [0, 0.1) is 41.5 Å². The maximum Gasteiger partial charge on any atom is 0.197 e. The second kappa shape index (κ2) is 9.96. The average Bonchev–Trinajstić information content (AvgIpc) is 2.60. The summed E-state index contributed by atoms with van der Waals surface area (Å²) in [6.45, 7) is 17.5. The van der Waals surface area contributed by atoms with Crippen LogP contribution in [0.25, 0.3) is 0 Å². The minimum absolute atomic E-state index is 0.101. The van der Waals surface area contributed by atoms with Gasteiger partial charge in [0.05, 0.1) is 7.92 Å². The van der Waals surface area contributed by atoms with Gasteiger partial charge in [-0.2, -0.15) is 0 Å². The van der Waals surface area contributed by atoms with E-state index in [1.807, 2.05) is 84.9 Å². The van der Waals surface area contributed by atoms with Crippen molar-refractivity contribution in [1.29, 1.82) is 0 Å². The van der Waals surface area contributed by atoms with Crippen LogP contribution in [-0.2, 0) is 0 Å². The molecule has 3 heteroatoms. The van der Waals surface area contributed by atoms with E-state index >= 15 is 0 Å². The van der Waals surface area contributed by atoms with Gasteiger partial charge in [-0.15, -0.1) is 0 Å². The lowest BCUT2D eigenvalue weighted by Gasteiger charge is -2.21. The van der Waals surface area contributed by atoms with Gasteiger partial charge in [-0.25, -0.2) is 0 Å². The zero-order valence-electron chi connectivity index (χ0n) is 19.1. The van der Waals surface area contributed by atoms with Gasteiger partial charge in [0.2, 0.25) is 0 Å². The summed E-state index contributed by atoms with van der Waals surface area (Å²) in [4.78, 5) is 27.8. The number of carbonyl (C=O) groups excluding carboxylic acids is 2. The Labute approximate surface area is 182 Å². The summed E-state index contributed by atoms with van der Waals surface area (Å²) in [5, 5.41) is 0.719. The van der Waals surface area contributed by atoms with Crippen molar-refractivity contribution in [3.05, 3.63) is 105 Å². The van der Waals surface area contributed by atoms with Crippen LogP contribution in [0.5, 0.6) is 0 Å². The molecule has 156 valence electrons. The van der Waals surface area contributed by atoms with E-state index in [1.54, 1.807) is 12.2 Å². The number of allylic oxidation sites excluding steroid dienone is 5. The molecule has 0 fully saturated rings. The summed E-state index contributed by atoms with van der Waals surface area (Å²) < 4.78 is 0. The number of aryl methyl sites for hydroxylation is 6. The highest BCUT2D eigenvalue weighted by Gasteiger charge is 2.33. The first-order chi connectivity index (χ1) is 14.1. The Morgan fingerprint density at radius 2 is 1.13 bits per heavy atom. The maximum atomic E-state index is 13.9. The number of carbonyl (C=O) groups is 2. The predicted octanol–water partition coefficient (Wildman–Crippen LogP) is 7.65. The molecule has 0 aromatic heterocycles. The summed E-state index contributed by atoms with van der Waals surface area (Å²) in [7, 11) is -1.77. The van der Waals surface area contributed by atoms with Crippen LogP contribution in [0.15, 0.2) is 60.5 Å². The van der Waals surface area contributed by atoms with Crippen molar-refractivity contribution < 1.29 is 9.59 Å². The molecule has 0 heterocycles. The highest BCUT2D eigenvalue weighted by atomic mass is 31.1. The molecule has 0 aliphatic carbocycles. The van der Waals surface area contributed by atoms with Crippen LogP contribution in [0.3, 0.4) is 0 Å². The maximum absolute atomic E-state index is 13.9. The van der Waals surface area contributed by atoms with Gasteiger partial charge in [-0.05, 0) is 76.0 Å². The smallest absolute Gasteiger partial charge is 0.197 e. The lowest BCUT2D eigenvalue weighted by Crippen LogP contribution is -2.13. The first-order valence-corrected chi connectivity index (χ1v) is 11.5. The molecule has 0 bridgehead atoms. The Morgan fingerprint density at radius 3 is 1.43 bits per heavy atom. The standard InChI is InChI=1S/C27H31O2P/c1-9-11-23(12-10-2)30(26(28)24-19(5)13-17(3)14-20(24)6)27(29)25-21(7)15-18(4)16-22(25)8/h9-16H,1H2,2-8H3/b12-10-,23-11+. The Hall–Kier alpha value is -2.57. The molecule has 0 aliphatic rings. The highest BCUT2D eigenvalue weighted by Crippen LogP contribution is 2.53. The third kappa shape index (κ3) is 4.94. The van der Waals surface area contributed by atoms with E-state index in [9.17, 15) is 9.59 Å². The van der Waals surface area contributed by atoms with Crippen molar-refractivity contribution in [2.45, 2.75) is 48.5 Å². The topological polar surface area (TPSA) is 34.1 Å². The molecule has 2 aromatic rings. The van der Waals surface area contributed by atoms with Gasteiger partial charge in [-0.1, -0.05) is 66.3 Å². The average molecular weight is 419 g/mol. The van der Waals surface area contributed by atoms with E-state index in [-0.39, 0.29) is 11.0 Å². The van der Waals surface area contributed by atoms with Crippen LogP contribution in [0.1, 0.15) is 61.0 Å². The molecule has 2 aromatic carbocycles. The molecule has 0 unspecified atom stereocenters. The van der Waals surface area contributed by atoms with E-state index in [0.717, 1.165) is 38.7 Å². The minimum Gasteiger partial charge on any atom is -0.288 e. The van der Waals surface area contributed by atoms with Crippen molar-refractivity contribution in [2.75, 3.05) is 0 Å². The van der Waals surface area contributed by atoms with Crippen molar-refractivity contribution in [2.24, 2.45) is 0 Å². The van der Waals surface area contributed by atoms with Gasteiger partial charge in [0.15, 0.2) is 11.0 Å². The van der Waals surface area contributed by atoms with Gasteiger partial charge in [0, 0.05) is 11.1 Å². The number of hydrogen-bond acceptors (Lipinski definition) is 2. The van der Waals surface area contributed by atoms with Crippen molar-refractivity contribution >= 4 is 19.0 Å². The molecule has 0 N–H and O–H groups in total. The van der Waals surface area contributed by atoms with E-state index in [1.165, 1.54) is 0 Å². The molecular weight excluding hydrogens is 387 g/mol. The Balaban J connectivity index is 2.77. The fourth-order valence-corrected chi connectivity index (χ4v) is 6.44. The first kappa shape index (κ1) is 23.7. The van der Waals surface area contributed by atoms with Crippen molar-refractivity contribution in [3.8, 4) is 0 Å². The van der Waals surface area contributed by atoms with E-state index in [4.69, 9.17) is 0 Å². The molecule has 0 atom stereocenters. The molecule has 0 amide bonds. The molecule has 2 rings (SSSR count). The van der Waals surface area contributed by atoms with Crippen molar-refractivity contribution in [3.63, 3.8) is 0 Å². The number of hydrogen-bond donors (Lipinski definition) is 0. The fourth-order valence-electron chi connectivity index (χ4n) is 4.08. The normalized spacial score (nSPS) is 11.9. The Morgan fingerprint density at radius 1 is 0.767 bits per heavy atom. The van der Waals surface area contributed by atoms with Crippen LogP contribution in [-0.4, -0.2) is 11.0 Å². The summed E-state index contributed by atoms with van der Waals surface area (Å²) >= 11 is 0.